The van der Waals surface area contributed by atoms with Crippen LogP contribution in [0.25, 0.3) is 0 Å². The van der Waals surface area contributed by atoms with Gasteiger partial charge in [0.2, 0.25) is 5.75 Å². The van der Waals surface area contributed by atoms with Crippen LogP contribution in [0, 0.1) is 0 Å². The van der Waals surface area contributed by atoms with Gasteiger partial charge >= 0.3 is 11.9 Å². The van der Waals surface area contributed by atoms with E-state index in [4.69, 9.17) is 14.2 Å². The van der Waals surface area contributed by atoms with Gasteiger partial charge in [0.1, 0.15) is 11.3 Å². The first-order valence-electron chi connectivity index (χ1n) is 8.53. The number of phenolic OH excluding ortho intramolecular Hbond substituents is 1. The maximum atomic E-state index is 12.5. The molecule has 0 radical (unpaired) electrons. The van der Waals surface area contributed by atoms with E-state index < -0.39 is 35.6 Å². The number of hydrogen-bond donors (Lipinski definition) is 4. The molecule has 0 aliphatic carbocycles. The average Bonchev–Trinajstić information content (AvgIpc) is 2.67. The number of carboxylic acid groups (broad SMARTS) is 1. The summed E-state index contributed by atoms with van der Waals surface area (Å²) < 4.78 is 15.0. The molecule has 4 N–H and O–H groups in total. The molecule has 0 spiro atoms. The van der Waals surface area contributed by atoms with Crippen LogP contribution in [-0.2, 0) is 9.53 Å². The number of esters is 1. The number of carbonyl (C=O) groups is 2. The minimum absolute atomic E-state index is 0.0211. The van der Waals surface area contributed by atoms with Gasteiger partial charge in [0, 0.05) is 12.1 Å². The SMILES string of the molecule is CCOC(=O)c1c[nH]c(=O)c([C@@H](CC(=O)O)c2cc(OC)c(O)c(OC)c2)c1O. The lowest BCUT2D eigenvalue weighted by molar-refractivity contribution is -0.137. The van der Waals surface area contributed by atoms with E-state index >= 15 is 0 Å². The Labute approximate surface area is 165 Å². The molecule has 0 aliphatic heterocycles. The van der Waals surface area contributed by atoms with Crippen LogP contribution in [0.4, 0.5) is 0 Å². The number of hydrogen-bond acceptors (Lipinski definition) is 8. The van der Waals surface area contributed by atoms with Crippen molar-refractivity contribution in [1.82, 2.24) is 4.98 Å². The zero-order chi connectivity index (χ0) is 21.7. The number of pyridine rings is 1. The van der Waals surface area contributed by atoms with Crippen LogP contribution in [0.2, 0.25) is 0 Å². The van der Waals surface area contributed by atoms with E-state index in [0.29, 0.717) is 0 Å². The number of aromatic amines is 1. The fourth-order valence-corrected chi connectivity index (χ4v) is 2.90. The molecule has 2 rings (SSSR count). The van der Waals surface area contributed by atoms with E-state index in [0.717, 1.165) is 6.20 Å². The maximum absolute atomic E-state index is 12.5. The molecule has 1 aromatic carbocycles. The first kappa shape index (κ1) is 21.6. The molecule has 0 bridgehead atoms. The Morgan fingerprint density at radius 2 is 1.69 bits per heavy atom. The molecule has 1 heterocycles. The number of methoxy groups -OCH3 is 2. The number of carbonyl (C=O) groups excluding carboxylic acids is 1. The van der Waals surface area contributed by atoms with Crippen LogP contribution in [0.1, 0.15) is 40.7 Å². The van der Waals surface area contributed by atoms with Crippen LogP contribution in [0.3, 0.4) is 0 Å². The fourth-order valence-electron chi connectivity index (χ4n) is 2.90. The Morgan fingerprint density at radius 1 is 1.10 bits per heavy atom. The van der Waals surface area contributed by atoms with Crippen molar-refractivity contribution in [2.45, 2.75) is 19.3 Å². The van der Waals surface area contributed by atoms with Crippen molar-refractivity contribution in [3.63, 3.8) is 0 Å². The number of carboxylic acids is 1. The minimum Gasteiger partial charge on any atom is -0.506 e. The summed E-state index contributed by atoms with van der Waals surface area (Å²) in [5.74, 6) is -4.37. The number of ether oxygens (including phenoxy) is 3. The summed E-state index contributed by atoms with van der Waals surface area (Å²) in [6.45, 7) is 1.61. The first-order chi connectivity index (χ1) is 13.7. The summed E-state index contributed by atoms with van der Waals surface area (Å²) in [4.78, 5) is 38.3. The second-order valence-corrected chi connectivity index (χ2v) is 5.94. The molecule has 0 aliphatic rings. The van der Waals surface area contributed by atoms with E-state index in [1.165, 1.54) is 26.4 Å². The highest BCUT2D eigenvalue weighted by molar-refractivity contribution is 5.92. The number of phenols is 1. The lowest BCUT2D eigenvalue weighted by Gasteiger charge is -2.20. The fraction of sp³-hybridized carbons (Fsp3) is 0.316. The Balaban J connectivity index is 2.75. The number of aliphatic carboxylic acids is 1. The third kappa shape index (κ3) is 4.42. The van der Waals surface area contributed by atoms with Crippen molar-refractivity contribution in [2.75, 3.05) is 20.8 Å². The highest BCUT2D eigenvalue weighted by atomic mass is 16.5. The van der Waals surface area contributed by atoms with Gasteiger partial charge in [-0.05, 0) is 24.6 Å². The molecular weight excluding hydrogens is 386 g/mol. The predicted molar refractivity (Wildman–Crippen MR) is 100.0 cm³/mol. The molecule has 156 valence electrons. The number of nitrogens with one attached hydrogen (secondary N) is 1. The molecule has 10 nitrogen and oxygen atoms in total. The standard InChI is InChI=1S/C19H21NO9/c1-4-29-19(26)11-8-20-18(25)15(16(11)23)10(7-14(21)22)9-5-12(27-2)17(24)13(6-9)28-3/h5-6,8,10,24H,4,7H2,1-3H3,(H,21,22)(H2,20,23,25)/t10-/m0/s1. The van der Waals surface area contributed by atoms with Gasteiger partial charge in [-0.1, -0.05) is 0 Å². The average molecular weight is 407 g/mol. The van der Waals surface area contributed by atoms with Crippen molar-refractivity contribution in [2.24, 2.45) is 0 Å². The van der Waals surface area contributed by atoms with Gasteiger partial charge in [0.15, 0.2) is 11.5 Å². The summed E-state index contributed by atoms with van der Waals surface area (Å²) in [6.07, 6.45) is 0.398. The molecule has 10 heteroatoms. The largest absolute Gasteiger partial charge is 0.506 e. The highest BCUT2D eigenvalue weighted by Gasteiger charge is 2.29. The van der Waals surface area contributed by atoms with Gasteiger partial charge in [-0.2, -0.15) is 0 Å². The quantitative estimate of drug-likeness (QED) is 0.477. The van der Waals surface area contributed by atoms with Crippen LogP contribution in [0.5, 0.6) is 23.0 Å². The van der Waals surface area contributed by atoms with Crippen molar-refractivity contribution in [1.29, 1.82) is 0 Å². The van der Waals surface area contributed by atoms with Crippen LogP contribution in [0.15, 0.2) is 23.1 Å². The Hall–Kier alpha value is -3.69. The third-order valence-electron chi connectivity index (χ3n) is 4.23. The second kappa shape index (κ2) is 9.00. The zero-order valence-electron chi connectivity index (χ0n) is 16.0. The van der Waals surface area contributed by atoms with Crippen LogP contribution in [-0.4, -0.2) is 53.1 Å². The number of H-pyrrole nitrogens is 1. The van der Waals surface area contributed by atoms with E-state index in [2.05, 4.69) is 4.98 Å². The predicted octanol–water partition coefficient (Wildman–Crippen LogP) is 1.59. The Morgan fingerprint density at radius 3 is 2.17 bits per heavy atom. The lowest BCUT2D eigenvalue weighted by Crippen LogP contribution is -2.22. The van der Waals surface area contributed by atoms with Gasteiger partial charge in [-0.15, -0.1) is 0 Å². The molecular formula is C19H21NO9. The van der Waals surface area contributed by atoms with Gasteiger partial charge in [-0.3, -0.25) is 9.59 Å². The number of aromatic hydroxyl groups is 2. The van der Waals surface area contributed by atoms with E-state index in [-0.39, 0.29) is 40.5 Å². The first-order valence-corrected chi connectivity index (χ1v) is 8.53. The van der Waals surface area contributed by atoms with Crippen LogP contribution >= 0.6 is 0 Å². The summed E-state index contributed by atoms with van der Waals surface area (Å²) >= 11 is 0. The maximum Gasteiger partial charge on any atom is 0.343 e. The van der Waals surface area contributed by atoms with Crippen LogP contribution < -0.4 is 15.0 Å². The molecule has 2 aromatic rings. The summed E-state index contributed by atoms with van der Waals surface area (Å²) in [5, 5.41) is 30.0. The van der Waals surface area contributed by atoms with Gasteiger partial charge in [-0.25, -0.2) is 4.79 Å². The topological polar surface area (TPSA) is 155 Å². The third-order valence-corrected chi connectivity index (χ3v) is 4.23. The van der Waals surface area contributed by atoms with Gasteiger partial charge in [0.25, 0.3) is 5.56 Å². The zero-order valence-corrected chi connectivity index (χ0v) is 16.0. The lowest BCUT2D eigenvalue weighted by atomic mass is 9.87. The molecule has 0 saturated carbocycles. The number of benzene rings is 1. The highest BCUT2D eigenvalue weighted by Crippen LogP contribution is 2.42. The smallest absolute Gasteiger partial charge is 0.343 e. The molecule has 0 amide bonds. The van der Waals surface area contributed by atoms with Crippen molar-refractivity contribution >= 4 is 11.9 Å². The Bertz CT molecular complexity index is 955. The van der Waals surface area contributed by atoms with E-state index in [1.54, 1.807) is 6.92 Å². The second-order valence-electron chi connectivity index (χ2n) is 5.94. The molecule has 1 aromatic heterocycles. The summed E-state index contributed by atoms with van der Waals surface area (Å²) in [7, 11) is 2.58. The minimum atomic E-state index is -1.26. The molecule has 29 heavy (non-hydrogen) atoms. The normalized spacial score (nSPS) is 11.6. The van der Waals surface area contributed by atoms with E-state index in [9.17, 15) is 29.7 Å². The van der Waals surface area contributed by atoms with Crippen molar-refractivity contribution < 1.29 is 39.1 Å². The molecule has 1 atom stereocenters. The van der Waals surface area contributed by atoms with Crippen molar-refractivity contribution in [3.05, 3.63) is 45.4 Å². The monoisotopic (exact) mass is 407 g/mol. The van der Waals surface area contributed by atoms with Gasteiger partial charge in [0.05, 0.1) is 32.8 Å². The van der Waals surface area contributed by atoms with E-state index in [1.807, 2.05) is 0 Å². The molecule has 0 saturated heterocycles. The number of aromatic nitrogens is 1. The summed E-state index contributed by atoms with van der Waals surface area (Å²) in [6, 6.07) is 2.64. The molecule has 0 unspecified atom stereocenters. The molecule has 0 fully saturated rings. The Kier molecular flexibility index (Phi) is 6.71. The van der Waals surface area contributed by atoms with Gasteiger partial charge < -0.3 is 34.5 Å². The summed E-state index contributed by atoms with van der Waals surface area (Å²) in [5.41, 5.74) is -1.23. The van der Waals surface area contributed by atoms with Crippen molar-refractivity contribution in [3.8, 4) is 23.0 Å². The number of rotatable bonds is 8.